The van der Waals surface area contributed by atoms with Crippen molar-refractivity contribution in [3.63, 3.8) is 0 Å². The number of nitrogens with one attached hydrogen (secondary N) is 2. The summed E-state index contributed by atoms with van der Waals surface area (Å²) in [7, 11) is 0. The molecule has 0 aliphatic carbocycles. The van der Waals surface area contributed by atoms with Crippen LogP contribution in [0.5, 0.6) is 0 Å². The number of amides is 3. The molecule has 2 N–H and O–H groups in total. The Hall–Kier alpha value is -3.22. The fraction of sp³-hybridized carbons (Fsp3) is 0.318. The van der Waals surface area contributed by atoms with Crippen LogP contribution >= 0.6 is 0 Å². The molecular weight excluding hydrogens is 373 g/mol. The molecule has 3 amide bonds. The summed E-state index contributed by atoms with van der Waals surface area (Å²) in [4.78, 5) is 38.4. The quantitative estimate of drug-likeness (QED) is 0.729. The minimum atomic E-state index is -0.726. The van der Waals surface area contributed by atoms with Crippen molar-refractivity contribution < 1.29 is 18.8 Å². The Morgan fingerprint density at radius 3 is 2.72 bits per heavy atom. The van der Waals surface area contributed by atoms with E-state index in [1.807, 2.05) is 13.0 Å². The fourth-order valence-electron chi connectivity index (χ4n) is 3.99. The molecule has 0 spiro atoms. The predicted octanol–water partition coefficient (Wildman–Crippen LogP) is 2.84. The SMILES string of the molecule is CC1CN(C(=O)C(=O)Nc2ccc3c(c2)NC(=O)CC3)CCc2ccc(F)cc21. The number of fused-ring (bicyclic) bond motifs is 2. The minimum Gasteiger partial charge on any atom is -0.334 e. The van der Waals surface area contributed by atoms with Gasteiger partial charge in [0.1, 0.15) is 5.82 Å². The summed E-state index contributed by atoms with van der Waals surface area (Å²) in [6, 6.07) is 9.91. The molecule has 0 fully saturated rings. The van der Waals surface area contributed by atoms with Crippen LogP contribution in [0.4, 0.5) is 15.8 Å². The Morgan fingerprint density at radius 1 is 1.10 bits per heavy atom. The van der Waals surface area contributed by atoms with E-state index in [-0.39, 0.29) is 17.6 Å². The van der Waals surface area contributed by atoms with Gasteiger partial charge in [0, 0.05) is 30.9 Å². The highest BCUT2D eigenvalue weighted by molar-refractivity contribution is 6.39. The molecular formula is C22H22FN3O3. The van der Waals surface area contributed by atoms with Crippen molar-refractivity contribution in [1.82, 2.24) is 4.90 Å². The molecule has 1 unspecified atom stereocenters. The number of anilines is 2. The molecule has 0 bridgehead atoms. The van der Waals surface area contributed by atoms with Gasteiger partial charge >= 0.3 is 11.8 Å². The fourth-order valence-corrected chi connectivity index (χ4v) is 3.99. The standard InChI is InChI=1S/C22H22FN3O3/c1-13-12-26(9-8-14-2-5-16(23)10-18(13)14)22(29)21(28)24-17-6-3-15-4-7-20(27)25-19(15)11-17/h2-3,5-6,10-11,13H,4,7-9,12H2,1H3,(H,24,28)(H,25,27). The van der Waals surface area contributed by atoms with Gasteiger partial charge in [-0.25, -0.2) is 4.39 Å². The van der Waals surface area contributed by atoms with Gasteiger partial charge in [-0.2, -0.15) is 0 Å². The highest BCUT2D eigenvalue weighted by Crippen LogP contribution is 2.27. The van der Waals surface area contributed by atoms with Gasteiger partial charge in [0.25, 0.3) is 0 Å². The summed E-state index contributed by atoms with van der Waals surface area (Å²) < 4.78 is 13.6. The van der Waals surface area contributed by atoms with E-state index >= 15 is 0 Å². The molecule has 6 nitrogen and oxygen atoms in total. The summed E-state index contributed by atoms with van der Waals surface area (Å²) in [5.41, 5.74) is 4.00. The van der Waals surface area contributed by atoms with E-state index in [9.17, 15) is 18.8 Å². The first-order valence-corrected chi connectivity index (χ1v) is 9.72. The number of rotatable bonds is 1. The van der Waals surface area contributed by atoms with Crippen LogP contribution < -0.4 is 10.6 Å². The first-order valence-electron chi connectivity index (χ1n) is 9.72. The van der Waals surface area contributed by atoms with E-state index in [4.69, 9.17) is 0 Å². The van der Waals surface area contributed by atoms with Gasteiger partial charge in [-0.05, 0) is 59.7 Å². The van der Waals surface area contributed by atoms with Crippen LogP contribution in [0.25, 0.3) is 0 Å². The summed E-state index contributed by atoms with van der Waals surface area (Å²) in [5, 5.41) is 5.41. The molecule has 0 radical (unpaired) electrons. The van der Waals surface area contributed by atoms with E-state index in [0.29, 0.717) is 43.7 Å². The molecule has 2 heterocycles. The molecule has 0 saturated carbocycles. The number of nitrogens with zero attached hydrogens (tertiary/aromatic N) is 1. The number of aryl methyl sites for hydroxylation is 1. The van der Waals surface area contributed by atoms with Gasteiger partial charge in [0.05, 0.1) is 0 Å². The van der Waals surface area contributed by atoms with Crippen molar-refractivity contribution in [2.75, 3.05) is 23.7 Å². The lowest BCUT2D eigenvalue weighted by Gasteiger charge is -2.23. The zero-order valence-electron chi connectivity index (χ0n) is 16.1. The Labute approximate surface area is 168 Å². The predicted molar refractivity (Wildman–Crippen MR) is 107 cm³/mol. The van der Waals surface area contributed by atoms with E-state index in [1.54, 1.807) is 18.2 Å². The first-order chi connectivity index (χ1) is 13.9. The molecule has 4 rings (SSSR count). The molecule has 29 heavy (non-hydrogen) atoms. The second kappa shape index (κ2) is 7.66. The number of hydrogen-bond donors (Lipinski definition) is 2. The average Bonchev–Trinajstić information content (AvgIpc) is 2.86. The lowest BCUT2D eigenvalue weighted by Crippen LogP contribution is -2.41. The third-order valence-corrected chi connectivity index (χ3v) is 5.53. The van der Waals surface area contributed by atoms with Crippen molar-refractivity contribution in [3.8, 4) is 0 Å². The summed E-state index contributed by atoms with van der Waals surface area (Å²) in [6.07, 6.45) is 1.67. The minimum absolute atomic E-state index is 0.0633. The molecule has 150 valence electrons. The maximum Gasteiger partial charge on any atom is 0.313 e. The molecule has 2 aromatic carbocycles. The lowest BCUT2D eigenvalue weighted by molar-refractivity contribution is -0.143. The van der Waals surface area contributed by atoms with Crippen LogP contribution in [-0.4, -0.2) is 35.7 Å². The smallest absolute Gasteiger partial charge is 0.313 e. The summed E-state index contributed by atoms with van der Waals surface area (Å²) in [6.45, 7) is 2.67. The maximum atomic E-state index is 13.6. The third-order valence-electron chi connectivity index (χ3n) is 5.53. The second-order valence-electron chi connectivity index (χ2n) is 7.62. The molecule has 1 atom stereocenters. The van der Waals surface area contributed by atoms with Gasteiger partial charge in [-0.3, -0.25) is 14.4 Å². The van der Waals surface area contributed by atoms with Crippen molar-refractivity contribution in [3.05, 3.63) is 58.9 Å². The third kappa shape index (κ3) is 3.99. The van der Waals surface area contributed by atoms with E-state index in [0.717, 1.165) is 16.7 Å². The highest BCUT2D eigenvalue weighted by atomic mass is 19.1. The molecule has 2 aromatic rings. The Morgan fingerprint density at radius 2 is 1.90 bits per heavy atom. The van der Waals surface area contributed by atoms with E-state index < -0.39 is 11.8 Å². The first kappa shape index (κ1) is 19.1. The largest absolute Gasteiger partial charge is 0.334 e. The molecule has 7 heteroatoms. The molecule has 0 aromatic heterocycles. The number of carbonyl (C=O) groups is 3. The number of hydrogen-bond acceptors (Lipinski definition) is 3. The molecule has 0 saturated heterocycles. The second-order valence-corrected chi connectivity index (χ2v) is 7.62. The van der Waals surface area contributed by atoms with Gasteiger partial charge in [0.2, 0.25) is 5.91 Å². The van der Waals surface area contributed by atoms with Gasteiger partial charge in [-0.1, -0.05) is 19.1 Å². The van der Waals surface area contributed by atoms with E-state index in [2.05, 4.69) is 10.6 Å². The van der Waals surface area contributed by atoms with Crippen LogP contribution in [0, 0.1) is 5.82 Å². The summed E-state index contributed by atoms with van der Waals surface area (Å²) >= 11 is 0. The van der Waals surface area contributed by atoms with Gasteiger partial charge in [-0.15, -0.1) is 0 Å². The maximum absolute atomic E-state index is 13.6. The van der Waals surface area contributed by atoms with Crippen molar-refractivity contribution in [2.45, 2.75) is 32.1 Å². The van der Waals surface area contributed by atoms with Crippen LogP contribution in [0.3, 0.4) is 0 Å². The average molecular weight is 395 g/mol. The normalized spacial score (nSPS) is 18.2. The number of benzene rings is 2. The monoisotopic (exact) mass is 395 g/mol. The Balaban J connectivity index is 1.45. The van der Waals surface area contributed by atoms with Gasteiger partial charge in [0.15, 0.2) is 0 Å². The van der Waals surface area contributed by atoms with Crippen LogP contribution in [0.1, 0.15) is 36.0 Å². The van der Waals surface area contributed by atoms with Crippen molar-refractivity contribution in [2.24, 2.45) is 0 Å². The number of carbonyl (C=O) groups excluding carboxylic acids is 3. The van der Waals surface area contributed by atoms with Crippen LogP contribution in [-0.2, 0) is 27.2 Å². The van der Waals surface area contributed by atoms with Crippen molar-refractivity contribution >= 4 is 29.1 Å². The van der Waals surface area contributed by atoms with E-state index in [1.165, 1.54) is 17.0 Å². The summed E-state index contributed by atoms with van der Waals surface area (Å²) in [5.74, 6) is -1.78. The Kier molecular flexibility index (Phi) is 5.05. The lowest BCUT2D eigenvalue weighted by atomic mass is 9.95. The zero-order valence-corrected chi connectivity index (χ0v) is 16.1. The van der Waals surface area contributed by atoms with Crippen LogP contribution in [0.2, 0.25) is 0 Å². The van der Waals surface area contributed by atoms with Crippen molar-refractivity contribution in [1.29, 1.82) is 0 Å². The zero-order chi connectivity index (χ0) is 20.5. The van der Waals surface area contributed by atoms with Crippen LogP contribution in [0.15, 0.2) is 36.4 Å². The highest BCUT2D eigenvalue weighted by Gasteiger charge is 2.28. The van der Waals surface area contributed by atoms with Gasteiger partial charge < -0.3 is 15.5 Å². The molecule has 2 aliphatic heterocycles. The Bertz CT molecular complexity index is 1000. The molecule has 2 aliphatic rings. The number of halogens is 1. The topological polar surface area (TPSA) is 78.5 Å².